The first kappa shape index (κ1) is 22.3. The van der Waals surface area contributed by atoms with E-state index in [4.69, 9.17) is 11.6 Å². The molecule has 0 radical (unpaired) electrons. The highest BCUT2D eigenvalue weighted by Gasteiger charge is 2.55. The number of amides is 2. The minimum absolute atomic E-state index is 0.0122. The second-order valence-corrected chi connectivity index (χ2v) is 8.90. The van der Waals surface area contributed by atoms with E-state index in [2.05, 4.69) is 34.6 Å². The van der Waals surface area contributed by atoms with Crippen molar-refractivity contribution in [1.82, 2.24) is 15.5 Å². The third-order valence-corrected chi connectivity index (χ3v) is 6.58. The molecule has 2 aromatic rings. The summed E-state index contributed by atoms with van der Waals surface area (Å²) in [5.74, 6) is -0.0434. The van der Waals surface area contributed by atoms with Crippen molar-refractivity contribution in [2.45, 2.75) is 31.2 Å². The van der Waals surface area contributed by atoms with Gasteiger partial charge in [-0.15, -0.1) is 0 Å². The summed E-state index contributed by atoms with van der Waals surface area (Å²) in [7, 11) is 5.58. The number of rotatable bonds is 8. The van der Waals surface area contributed by atoms with Crippen LogP contribution in [0, 0.1) is 5.92 Å². The largest absolute Gasteiger partial charge is 0.355 e. The molecule has 1 aliphatic carbocycles. The van der Waals surface area contributed by atoms with Gasteiger partial charge in [0.25, 0.3) is 5.91 Å². The molecule has 1 unspecified atom stereocenters. The van der Waals surface area contributed by atoms with Gasteiger partial charge in [0.05, 0.1) is 0 Å². The average Bonchev–Trinajstić information content (AvgIpc) is 3.44. The Hall–Kier alpha value is -2.37. The van der Waals surface area contributed by atoms with Gasteiger partial charge in [-0.25, -0.2) is 0 Å². The van der Waals surface area contributed by atoms with Crippen molar-refractivity contribution in [2.75, 3.05) is 27.7 Å². The number of likely N-dealkylation sites (N-methyl/N-ethyl adjacent to an activating group) is 1. The van der Waals surface area contributed by atoms with Gasteiger partial charge < -0.3 is 15.5 Å². The van der Waals surface area contributed by atoms with Crippen molar-refractivity contribution in [1.29, 1.82) is 0 Å². The van der Waals surface area contributed by atoms with Crippen LogP contribution in [0.25, 0.3) is 0 Å². The summed E-state index contributed by atoms with van der Waals surface area (Å²) >= 11 is 6.42. The van der Waals surface area contributed by atoms with Crippen LogP contribution in [-0.2, 0) is 16.6 Å². The van der Waals surface area contributed by atoms with Crippen molar-refractivity contribution in [2.24, 2.45) is 5.92 Å². The molecule has 30 heavy (non-hydrogen) atoms. The van der Waals surface area contributed by atoms with Crippen LogP contribution < -0.4 is 10.6 Å². The quantitative estimate of drug-likeness (QED) is 0.679. The molecular weight excluding hydrogens is 398 g/mol. The molecule has 5 nitrogen and oxygen atoms in total. The van der Waals surface area contributed by atoms with Crippen LogP contribution in [0.2, 0.25) is 5.02 Å². The zero-order valence-corrected chi connectivity index (χ0v) is 18.8. The predicted octanol–water partition coefficient (Wildman–Crippen LogP) is 3.27. The molecule has 2 N–H and O–H groups in total. The highest BCUT2D eigenvalue weighted by Crippen LogP contribution is 2.53. The number of hydrogen-bond acceptors (Lipinski definition) is 3. The van der Waals surface area contributed by atoms with E-state index in [9.17, 15) is 9.59 Å². The van der Waals surface area contributed by atoms with Crippen LogP contribution in [0.4, 0.5) is 0 Å². The van der Waals surface area contributed by atoms with Crippen LogP contribution in [0.1, 0.15) is 34.8 Å². The molecule has 2 amide bonds. The molecule has 0 saturated heterocycles. The van der Waals surface area contributed by atoms with Crippen molar-refractivity contribution in [3.63, 3.8) is 0 Å². The van der Waals surface area contributed by atoms with Gasteiger partial charge in [0.15, 0.2) is 0 Å². The Morgan fingerprint density at radius 1 is 1.20 bits per heavy atom. The summed E-state index contributed by atoms with van der Waals surface area (Å²) in [5.41, 5.74) is 2.64. The first-order valence-electron chi connectivity index (χ1n) is 10.3. The van der Waals surface area contributed by atoms with Crippen molar-refractivity contribution >= 4 is 23.4 Å². The van der Waals surface area contributed by atoms with Gasteiger partial charge in [0, 0.05) is 41.6 Å². The van der Waals surface area contributed by atoms with E-state index in [0.29, 0.717) is 23.6 Å². The van der Waals surface area contributed by atoms with E-state index < -0.39 is 0 Å². The van der Waals surface area contributed by atoms with E-state index in [-0.39, 0.29) is 29.2 Å². The van der Waals surface area contributed by atoms with Gasteiger partial charge in [0.1, 0.15) is 0 Å². The zero-order valence-electron chi connectivity index (χ0n) is 18.0. The standard InChI is InChI=1S/C24H30ClN3O2/c1-24(18-8-6-5-7-9-18)14-20(24)23(30)27-15-19(28(3)4)12-16-10-11-17(13-21(16)25)22(29)26-2/h5-11,13,19-20H,12,14-15H2,1-4H3,(H,26,29)(H,27,30)/t19-,20?,24+/m0/s1. The number of nitrogens with one attached hydrogen (secondary N) is 2. The molecule has 0 heterocycles. The molecule has 3 atom stereocenters. The summed E-state index contributed by atoms with van der Waals surface area (Å²) in [5, 5.41) is 6.31. The van der Waals surface area contributed by atoms with E-state index in [1.165, 1.54) is 5.56 Å². The van der Waals surface area contributed by atoms with Gasteiger partial charge in [-0.2, -0.15) is 0 Å². The molecule has 3 rings (SSSR count). The minimum Gasteiger partial charge on any atom is -0.355 e. The van der Waals surface area contributed by atoms with E-state index in [1.807, 2.05) is 38.4 Å². The van der Waals surface area contributed by atoms with Crippen molar-refractivity contribution in [3.05, 3.63) is 70.2 Å². The van der Waals surface area contributed by atoms with E-state index in [0.717, 1.165) is 12.0 Å². The number of halogens is 1. The Morgan fingerprint density at radius 2 is 1.90 bits per heavy atom. The van der Waals surface area contributed by atoms with Crippen LogP contribution in [0.5, 0.6) is 0 Å². The summed E-state index contributed by atoms with van der Waals surface area (Å²) in [6.45, 7) is 2.70. The molecule has 0 bridgehead atoms. The molecule has 1 aliphatic rings. The fourth-order valence-electron chi connectivity index (χ4n) is 3.92. The topological polar surface area (TPSA) is 61.4 Å². The maximum Gasteiger partial charge on any atom is 0.251 e. The highest BCUT2D eigenvalue weighted by atomic mass is 35.5. The molecule has 0 aliphatic heterocycles. The lowest BCUT2D eigenvalue weighted by Crippen LogP contribution is -2.42. The lowest BCUT2D eigenvalue weighted by molar-refractivity contribution is -0.122. The van der Waals surface area contributed by atoms with Gasteiger partial charge in [-0.05, 0) is 50.2 Å². The Balaban J connectivity index is 1.60. The number of hydrogen-bond donors (Lipinski definition) is 2. The maximum absolute atomic E-state index is 12.8. The number of nitrogens with zero attached hydrogens (tertiary/aromatic N) is 1. The van der Waals surface area contributed by atoms with Gasteiger partial charge >= 0.3 is 0 Å². The smallest absolute Gasteiger partial charge is 0.251 e. The maximum atomic E-state index is 12.8. The van der Waals surface area contributed by atoms with Gasteiger partial charge in [0.2, 0.25) is 5.91 Å². The number of carbonyl (C=O) groups is 2. The second kappa shape index (κ2) is 9.19. The second-order valence-electron chi connectivity index (χ2n) is 8.49. The predicted molar refractivity (Wildman–Crippen MR) is 121 cm³/mol. The van der Waals surface area contributed by atoms with Crippen LogP contribution >= 0.6 is 11.6 Å². The monoisotopic (exact) mass is 427 g/mol. The lowest BCUT2D eigenvalue weighted by Gasteiger charge is -2.25. The van der Waals surface area contributed by atoms with Crippen molar-refractivity contribution in [3.8, 4) is 0 Å². The fraction of sp³-hybridized carbons (Fsp3) is 0.417. The zero-order chi connectivity index (χ0) is 21.9. The summed E-state index contributed by atoms with van der Waals surface area (Å²) in [4.78, 5) is 26.7. The van der Waals surface area contributed by atoms with Crippen molar-refractivity contribution < 1.29 is 9.59 Å². The molecule has 1 fully saturated rings. The molecule has 160 valence electrons. The Labute approximate surface area is 183 Å². The minimum atomic E-state index is -0.161. The molecule has 0 aromatic heterocycles. The third kappa shape index (κ3) is 4.85. The molecule has 0 spiro atoms. The summed E-state index contributed by atoms with van der Waals surface area (Å²) in [6.07, 6.45) is 1.56. The SMILES string of the molecule is CNC(=O)c1ccc(C[C@@H](CNC(=O)C2C[C@]2(C)c2ccccc2)N(C)C)c(Cl)c1. The Bertz CT molecular complexity index is 916. The first-order valence-corrected chi connectivity index (χ1v) is 10.6. The Morgan fingerprint density at radius 3 is 2.50 bits per heavy atom. The highest BCUT2D eigenvalue weighted by molar-refractivity contribution is 6.31. The molecule has 6 heteroatoms. The fourth-order valence-corrected chi connectivity index (χ4v) is 4.17. The van der Waals surface area contributed by atoms with Crippen LogP contribution in [0.15, 0.2) is 48.5 Å². The normalized spacial score (nSPS) is 21.2. The average molecular weight is 428 g/mol. The summed E-state index contributed by atoms with van der Waals surface area (Å²) in [6, 6.07) is 15.7. The first-order chi connectivity index (χ1) is 14.3. The molecule has 1 saturated carbocycles. The molecule has 2 aromatic carbocycles. The van der Waals surface area contributed by atoms with E-state index >= 15 is 0 Å². The van der Waals surface area contributed by atoms with Gasteiger partial charge in [-0.1, -0.05) is 54.9 Å². The van der Waals surface area contributed by atoms with E-state index in [1.54, 1.807) is 19.2 Å². The van der Waals surface area contributed by atoms with Gasteiger partial charge in [-0.3, -0.25) is 9.59 Å². The summed E-state index contributed by atoms with van der Waals surface area (Å²) < 4.78 is 0. The Kier molecular flexibility index (Phi) is 6.84. The number of carbonyl (C=O) groups excluding carboxylic acids is 2. The lowest BCUT2D eigenvalue weighted by atomic mass is 9.95. The molecular formula is C24H30ClN3O2. The van der Waals surface area contributed by atoms with Crippen LogP contribution in [0.3, 0.4) is 0 Å². The van der Waals surface area contributed by atoms with Crippen LogP contribution in [-0.4, -0.2) is 50.4 Å². The number of benzene rings is 2. The third-order valence-electron chi connectivity index (χ3n) is 6.23.